The van der Waals surface area contributed by atoms with Crippen molar-refractivity contribution in [1.29, 1.82) is 0 Å². The van der Waals surface area contributed by atoms with E-state index in [0.29, 0.717) is 12.0 Å². The standard InChI is InChI=1S/C15H14BrF2N/c1-9-4-11(7-13(18)5-9)15(19)8-10-6-12(17)2-3-14(10)16/h2-7,15H,8,19H2,1H3. The Hall–Kier alpha value is -1.26. The van der Waals surface area contributed by atoms with Crippen LogP contribution in [-0.4, -0.2) is 0 Å². The van der Waals surface area contributed by atoms with Crippen LogP contribution in [0.3, 0.4) is 0 Å². The lowest BCUT2D eigenvalue weighted by Crippen LogP contribution is -2.14. The SMILES string of the molecule is Cc1cc(F)cc(C(N)Cc2cc(F)ccc2Br)c1. The van der Waals surface area contributed by atoms with Crippen molar-refractivity contribution in [2.45, 2.75) is 19.4 Å². The molecule has 1 atom stereocenters. The van der Waals surface area contributed by atoms with Gasteiger partial charge in [0.2, 0.25) is 0 Å². The van der Waals surface area contributed by atoms with Gasteiger partial charge >= 0.3 is 0 Å². The van der Waals surface area contributed by atoms with Crippen LogP contribution in [0.25, 0.3) is 0 Å². The van der Waals surface area contributed by atoms with Crippen molar-refractivity contribution in [2.24, 2.45) is 5.73 Å². The molecule has 0 bridgehead atoms. The minimum Gasteiger partial charge on any atom is -0.324 e. The van der Waals surface area contributed by atoms with Crippen molar-refractivity contribution in [2.75, 3.05) is 0 Å². The number of hydrogen-bond acceptors (Lipinski definition) is 1. The fourth-order valence-corrected chi connectivity index (χ4v) is 2.44. The highest BCUT2D eigenvalue weighted by molar-refractivity contribution is 9.10. The fraction of sp³-hybridized carbons (Fsp3) is 0.200. The van der Waals surface area contributed by atoms with E-state index in [0.717, 1.165) is 15.6 Å². The molecule has 2 rings (SSSR count). The van der Waals surface area contributed by atoms with E-state index >= 15 is 0 Å². The zero-order chi connectivity index (χ0) is 14.0. The topological polar surface area (TPSA) is 26.0 Å². The van der Waals surface area contributed by atoms with Crippen LogP contribution in [-0.2, 0) is 6.42 Å². The number of hydrogen-bond donors (Lipinski definition) is 1. The first kappa shape index (κ1) is 14.2. The maximum Gasteiger partial charge on any atom is 0.123 e. The van der Waals surface area contributed by atoms with Crippen LogP contribution in [0.5, 0.6) is 0 Å². The molecule has 0 aromatic heterocycles. The zero-order valence-electron chi connectivity index (χ0n) is 10.5. The number of rotatable bonds is 3. The molecule has 0 spiro atoms. The molecule has 0 aliphatic heterocycles. The predicted octanol–water partition coefficient (Wildman–Crippen LogP) is 4.28. The van der Waals surface area contributed by atoms with E-state index < -0.39 is 0 Å². The number of nitrogens with two attached hydrogens (primary N) is 1. The van der Waals surface area contributed by atoms with Gasteiger partial charge in [0.1, 0.15) is 11.6 Å². The number of halogens is 3. The highest BCUT2D eigenvalue weighted by Crippen LogP contribution is 2.24. The Kier molecular flexibility index (Phi) is 4.32. The zero-order valence-corrected chi connectivity index (χ0v) is 12.0. The molecular formula is C15H14BrF2N. The van der Waals surface area contributed by atoms with Crippen LogP contribution in [0.15, 0.2) is 40.9 Å². The van der Waals surface area contributed by atoms with Gasteiger partial charge in [0.25, 0.3) is 0 Å². The minimum atomic E-state index is -0.368. The Balaban J connectivity index is 2.25. The van der Waals surface area contributed by atoms with Crippen molar-refractivity contribution < 1.29 is 8.78 Å². The maximum atomic E-state index is 13.3. The molecule has 1 unspecified atom stereocenters. The van der Waals surface area contributed by atoms with E-state index in [-0.39, 0.29) is 17.7 Å². The normalized spacial score (nSPS) is 12.5. The fourth-order valence-electron chi connectivity index (χ4n) is 2.03. The second-order valence-electron chi connectivity index (χ2n) is 4.61. The summed E-state index contributed by atoms with van der Waals surface area (Å²) >= 11 is 3.36. The first-order chi connectivity index (χ1) is 8.95. The van der Waals surface area contributed by atoms with E-state index in [1.165, 1.54) is 24.3 Å². The molecule has 100 valence electrons. The first-order valence-electron chi connectivity index (χ1n) is 5.92. The molecule has 2 N–H and O–H groups in total. The summed E-state index contributed by atoms with van der Waals surface area (Å²) in [5.74, 6) is -0.607. The van der Waals surface area contributed by atoms with E-state index in [2.05, 4.69) is 15.9 Å². The molecule has 0 aliphatic rings. The van der Waals surface area contributed by atoms with Gasteiger partial charge < -0.3 is 5.73 Å². The molecule has 1 nitrogen and oxygen atoms in total. The van der Waals surface area contributed by atoms with E-state index in [1.807, 2.05) is 13.0 Å². The van der Waals surface area contributed by atoms with Crippen LogP contribution in [0.2, 0.25) is 0 Å². The minimum absolute atomic E-state index is 0.302. The lowest BCUT2D eigenvalue weighted by Gasteiger charge is -2.14. The summed E-state index contributed by atoms with van der Waals surface area (Å²) in [5.41, 5.74) is 8.39. The molecule has 0 saturated heterocycles. The third-order valence-corrected chi connectivity index (χ3v) is 3.71. The van der Waals surface area contributed by atoms with Gasteiger partial charge in [-0.25, -0.2) is 8.78 Å². The Morgan fingerprint density at radius 3 is 2.53 bits per heavy atom. The van der Waals surface area contributed by atoms with Gasteiger partial charge in [-0.15, -0.1) is 0 Å². The smallest absolute Gasteiger partial charge is 0.123 e. The van der Waals surface area contributed by atoms with Crippen LogP contribution in [0.4, 0.5) is 8.78 Å². The summed E-state index contributed by atoms with van der Waals surface area (Å²) < 4.78 is 27.4. The summed E-state index contributed by atoms with van der Waals surface area (Å²) in [6.45, 7) is 1.82. The average Bonchev–Trinajstić information content (AvgIpc) is 2.32. The molecule has 4 heteroatoms. The maximum absolute atomic E-state index is 13.3. The highest BCUT2D eigenvalue weighted by Gasteiger charge is 2.11. The Labute approximate surface area is 119 Å². The largest absolute Gasteiger partial charge is 0.324 e. The second kappa shape index (κ2) is 5.80. The van der Waals surface area contributed by atoms with Crippen molar-refractivity contribution in [3.63, 3.8) is 0 Å². The summed E-state index contributed by atoms with van der Waals surface area (Å²) in [7, 11) is 0. The third kappa shape index (κ3) is 3.61. The molecule has 2 aromatic rings. The second-order valence-corrected chi connectivity index (χ2v) is 5.46. The molecule has 0 fully saturated rings. The lowest BCUT2D eigenvalue weighted by atomic mass is 9.98. The molecule has 0 saturated carbocycles. The van der Waals surface area contributed by atoms with Crippen LogP contribution >= 0.6 is 15.9 Å². The van der Waals surface area contributed by atoms with Gasteiger partial charge in [-0.2, -0.15) is 0 Å². The van der Waals surface area contributed by atoms with Gasteiger partial charge in [-0.3, -0.25) is 0 Å². The van der Waals surface area contributed by atoms with Crippen molar-refractivity contribution >= 4 is 15.9 Å². The monoisotopic (exact) mass is 325 g/mol. The molecule has 0 heterocycles. The Bertz CT molecular complexity index is 578. The molecule has 2 aromatic carbocycles. The summed E-state index contributed by atoms with van der Waals surface area (Å²) in [4.78, 5) is 0. The Morgan fingerprint density at radius 1 is 1.11 bits per heavy atom. The highest BCUT2D eigenvalue weighted by atomic mass is 79.9. The molecule has 19 heavy (non-hydrogen) atoms. The molecule has 0 radical (unpaired) electrons. The predicted molar refractivity (Wildman–Crippen MR) is 75.9 cm³/mol. The number of benzene rings is 2. The first-order valence-corrected chi connectivity index (χ1v) is 6.71. The van der Waals surface area contributed by atoms with Gasteiger partial charge in [-0.1, -0.05) is 22.0 Å². The van der Waals surface area contributed by atoms with Crippen molar-refractivity contribution in [3.05, 3.63) is 69.2 Å². The van der Waals surface area contributed by atoms with Crippen molar-refractivity contribution in [3.8, 4) is 0 Å². The van der Waals surface area contributed by atoms with Crippen LogP contribution in [0.1, 0.15) is 22.7 Å². The van der Waals surface area contributed by atoms with Gasteiger partial charge in [-0.05, 0) is 60.4 Å². The molecular weight excluding hydrogens is 312 g/mol. The number of aryl methyl sites for hydroxylation is 1. The Morgan fingerprint density at radius 2 is 1.84 bits per heavy atom. The summed E-state index contributed by atoms with van der Waals surface area (Å²) in [6.07, 6.45) is 0.446. The van der Waals surface area contributed by atoms with Crippen molar-refractivity contribution in [1.82, 2.24) is 0 Å². The van der Waals surface area contributed by atoms with Gasteiger partial charge in [0.05, 0.1) is 0 Å². The van der Waals surface area contributed by atoms with E-state index in [4.69, 9.17) is 5.73 Å². The van der Waals surface area contributed by atoms with Gasteiger partial charge in [0.15, 0.2) is 0 Å². The van der Waals surface area contributed by atoms with Gasteiger partial charge in [0, 0.05) is 10.5 Å². The van der Waals surface area contributed by atoms with Crippen LogP contribution in [0, 0.1) is 18.6 Å². The van der Waals surface area contributed by atoms with Crippen LogP contribution < -0.4 is 5.73 Å². The van der Waals surface area contributed by atoms with E-state index in [9.17, 15) is 8.78 Å². The summed E-state index contributed by atoms with van der Waals surface area (Å²) in [5, 5.41) is 0. The average molecular weight is 326 g/mol. The summed E-state index contributed by atoms with van der Waals surface area (Å²) in [6, 6.07) is 8.82. The quantitative estimate of drug-likeness (QED) is 0.895. The van der Waals surface area contributed by atoms with E-state index in [1.54, 1.807) is 6.07 Å². The third-order valence-electron chi connectivity index (χ3n) is 2.94. The molecule has 0 aliphatic carbocycles. The molecule has 0 amide bonds. The lowest BCUT2D eigenvalue weighted by molar-refractivity contribution is 0.612.